The standard InChI is InChI=1S/C21H23NO5/c1-16(23)26-15-19(12-17-8-4-2-5-9-17)21(25)22-13-20(24)27-14-18-10-6-3-7-11-18/h2-11,19H,12-15H2,1H3,(H,22,25). The summed E-state index contributed by atoms with van der Waals surface area (Å²) in [7, 11) is 0. The molecule has 2 aromatic carbocycles. The summed E-state index contributed by atoms with van der Waals surface area (Å²) in [6.07, 6.45) is 0.402. The van der Waals surface area contributed by atoms with Crippen LogP contribution in [0.5, 0.6) is 0 Å². The van der Waals surface area contributed by atoms with Crippen molar-refractivity contribution in [2.45, 2.75) is 20.0 Å². The molecule has 1 unspecified atom stereocenters. The van der Waals surface area contributed by atoms with E-state index >= 15 is 0 Å². The Hall–Kier alpha value is -3.15. The fourth-order valence-electron chi connectivity index (χ4n) is 2.44. The molecule has 1 N–H and O–H groups in total. The lowest BCUT2D eigenvalue weighted by Gasteiger charge is -2.16. The highest BCUT2D eigenvalue weighted by Crippen LogP contribution is 2.10. The van der Waals surface area contributed by atoms with E-state index in [4.69, 9.17) is 9.47 Å². The quantitative estimate of drug-likeness (QED) is 0.686. The molecular weight excluding hydrogens is 346 g/mol. The Labute approximate surface area is 158 Å². The van der Waals surface area contributed by atoms with Crippen molar-refractivity contribution >= 4 is 17.8 Å². The van der Waals surface area contributed by atoms with E-state index in [0.717, 1.165) is 11.1 Å². The molecule has 142 valence electrons. The normalized spacial score (nSPS) is 11.3. The van der Waals surface area contributed by atoms with Gasteiger partial charge in [0.2, 0.25) is 5.91 Å². The molecule has 0 saturated heterocycles. The molecule has 0 spiro atoms. The van der Waals surface area contributed by atoms with Gasteiger partial charge in [-0.15, -0.1) is 0 Å². The summed E-state index contributed by atoms with van der Waals surface area (Å²) < 4.78 is 10.1. The van der Waals surface area contributed by atoms with Gasteiger partial charge in [0.25, 0.3) is 0 Å². The molecule has 1 atom stereocenters. The third-order valence-corrected chi connectivity index (χ3v) is 3.83. The second kappa shape index (κ2) is 10.8. The molecule has 0 aliphatic carbocycles. The zero-order valence-corrected chi connectivity index (χ0v) is 15.2. The maximum Gasteiger partial charge on any atom is 0.325 e. The van der Waals surface area contributed by atoms with Crippen LogP contribution in [0.15, 0.2) is 60.7 Å². The number of rotatable bonds is 9. The highest BCUT2D eigenvalue weighted by Gasteiger charge is 2.21. The molecule has 1 amide bonds. The van der Waals surface area contributed by atoms with E-state index in [1.807, 2.05) is 60.7 Å². The summed E-state index contributed by atoms with van der Waals surface area (Å²) in [5, 5.41) is 2.56. The topological polar surface area (TPSA) is 81.7 Å². The van der Waals surface area contributed by atoms with Gasteiger partial charge in [0.15, 0.2) is 0 Å². The first kappa shape index (κ1) is 20.2. The third kappa shape index (κ3) is 7.73. The van der Waals surface area contributed by atoms with Gasteiger partial charge in [0.05, 0.1) is 5.92 Å². The number of carbonyl (C=O) groups excluding carboxylic acids is 3. The largest absolute Gasteiger partial charge is 0.465 e. The Morgan fingerprint density at radius 3 is 2.07 bits per heavy atom. The maximum atomic E-state index is 12.4. The van der Waals surface area contributed by atoms with Gasteiger partial charge in [0, 0.05) is 6.92 Å². The molecule has 2 rings (SSSR count). The van der Waals surface area contributed by atoms with Gasteiger partial charge >= 0.3 is 11.9 Å². The van der Waals surface area contributed by atoms with Gasteiger partial charge in [-0.05, 0) is 17.5 Å². The van der Waals surface area contributed by atoms with Gasteiger partial charge in [-0.3, -0.25) is 14.4 Å². The predicted molar refractivity (Wildman–Crippen MR) is 99.5 cm³/mol. The molecule has 0 bridgehead atoms. The average Bonchev–Trinajstić information content (AvgIpc) is 2.69. The third-order valence-electron chi connectivity index (χ3n) is 3.83. The lowest BCUT2D eigenvalue weighted by atomic mass is 9.99. The first-order chi connectivity index (χ1) is 13.0. The minimum absolute atomic E-state index is 0.0465. The number of ether oxygens (including phenoxy) is 2. The lowest BCUT2D eigenvalue weighted by molar-refractivity contribution is -0.147. The molecule has 0 heterocycles. The van der Waals surface area contributed by atoms with Crippen LogP contribution < -0.4 is 5.32 Å². The minimum Gasteiger partial charge on any atom is -0.465 e. The lowest BCUT2D eigenvalue weighted by Crippen LogP contribution is -2.38. The predicted octanol–water partition coefficient (Wildman–Crippen LogP) is 2.27. The summed E-state index contributed by atoms with van der Waals surface area (Å²) in [4.78, 5) is 35.4. The van der Waals surface area contributed by atoms with Crippen molar-refractivity contribution in [3.05, 3.63) is 71.8 Å². The summed E-state index contributed by atoms with van der Waals surface area (Å²) >= 11 is 0. The highest BCUT2D eigenvalue weighted by molar-refractivity contribution is 5.84. The van der Waals surface area contributed by atoms with Crippen LogP contribution >= 0.6 is 0 Å². The summed E-state index contributed by atoms with van der Waals surface area (Å²) in [6, 6.07) is 18.7. The average molecular weight is 369 g/mol. The fourth-order valence-corrected chi connectivity index (χ4v) is 2.44. The summed E-state index contributed by atoms with van der Waals surface area (Å²) in [5.74, 6) is -1.93. The molecule has 0 fully saturated rings. The molecule has 2 aromatic rings. The zero-order valence-electron chi connectivity index (χ0n) is 15.2. The SMILES string of the molecule is CC(=O)OCC(Cc1ccccc1)C(=O)NCC(=O)OCc1ccccc1. The van der Waals surface area contributed by atoms with Crippen molar-refractivity contribution in [2.24, 2.45) is 5.92 Å². The number of amides is 1. The van der Waals surface area contributed by atoms with Crippen molar-refractivity contribution in [3.63, 3.8) is 0 Å². The van der Waals surface area contributed by atoms with Crippen molar-refractivity contribution in [1.29, 1.82) is 0 Å². The van der Waals surface area contributed by atoms with E-state index in [1.54, 1.807) is 0 Å². The molecule has 6 heteroatoms. The van der Waals surface area contributed by atoms with Crippen LogP contribution in [-0.4, -0.2) is 31.0 Å². The molecule has 0 aliphatic heterocycles. The number of benzene rings is 2. The molecular formula is C21H23NO5. The fraction of sp³-hybridized carbons (Fsp3) is 0.286. The van der Waals surface area contributed by atoms with Crippen LogP contribution in [0.25, 0.3) is 0 Å². The second-order valence-corrected chi connectivity index (χ2v) is 6.05. The van der Waals surface area contributed by atoms with Gasteiger partial charge < -0.3 is 14.8 Å². The minimum atomic E-state index is -0.585. The smallest absolute Gasteiger partial charge is 0.325 e. The van der Waals surface area contributed by atoms with Crippen molar-refractivity contribution < 1.29 is 23.9 Å². The molecule has 0 aliphatic rings. The van der Waals surface area contributed by atoms with Gasteiger partial charge in [0.1, 0.15) is 19.8 Å². The number of hydrogen-bond acceptors (Lipinski definition) is 5. The van der Waals surface area contributed by atoms with Crippen molar-refractivity contribution in [3.8, 4) is 0 Å². The maximum absolute atomic E-state index is 12.4. The second-order valence-electron chi connectivity index (χ2n) is 6.05. The summed E-state index contributed by atoms with van der Waals surface area (Å²) in [5.41, 5.74) is 1.81. The number of carbonyl (C=O) groups is 3. The Morgan fingerprint density at radius 1 is 0.889 bits per heavy atom. The van der Waals surface area contributed by atoms with E-state index in [0.29, 0.717) is 6.42 Å². The van der Waals surface area contributed by atoms with Crippen LogP contribution in [0.1, 0.15) is 18.1 Å². The van der Waals surface area contributed by atoms with Crippen LogP contribution in [0, 0.1) is 5.92 Å². The van der Waals surface area contributed by atoms with E-state index < -0.39 is 17.9 Å². The van der Waals surface area contributed by atoms with Crippen molar-refractivity contribution in [2.75, 3.05) is 13.2 Å². The molecule has 0 aromatic heterocycles. The van der Waals surface area contributed by atoms with Crippen LogP contribution in [0.3, 0.4) is 0 Å². The Bertz CT molecular complexity index is 746. The molecule has 6 nitrogen and oxygen atoms in total. The highest BCUT2D eigenvalue weighted by atomic mass is 16.5. The number of nitrogens with one attached hydrogen (secondary N) is 1. The first-order valence-electron chi connectivity index (χ1n) is 8.69. The van der Waals surface area contributed by atoms with Crippen LogP contribution in [-0.2, 0) is 36.9 Å². The van der Waals surface area contributed by atoms with E-state index in [9.17, 15) is 14.4 Å². The first-order valence-corrected chi connectivity index (χ1v) is 8.69. The van der Waals surface area contributed by atoms with Crippen molar-refractivity contribution in [1.82, 2.24) is 5.32 Å². The van der Waals surface area contributed by atoms with Crippen LogP contribution in [0.2, 0.25) is 0 Å². The van der Waals surface area contributed by atoms with E-state index in [1.165, 1.54) is 6.92 Å². The molecule has 0 saturated carbocycles. The van der Waals surface area contributed by atoms with E-state index in [2.05, 4.69) is 5.32 Å². The van der Waals surface area contributed by atoms with Gasteiger partial charge in [-0.25, -0.2) is 0 Å². The number of esters is 2. The monoisotopic (exact) mass is 369 g/mol. The van der Waals surface area contributed by atoms with Gasteiger partial charge in [-0.2, -0.15) is 0 Å². The Kier molecular flexibility index (Phi) is 8.03. The van der Waals surface area contributed by atoms with Crippen LogP contribution in [0.4, 0.5) is 0 Å². The Balaban J connectivity index is 1.84. The Morgan fingerprint density at radius 2 is 1.48 bits per heavy atom. The molecule has 27 heavy (non-hydrogen) atoms. The zero-order chi connectivity index (χ0) is 19.5. The summed E-state index contributed by atoms with van der Waals surface area (Å²) in [6.45, 7) is 1.15. The van der Waals surface area contributed by atoms with Gasteiger partial charge in [-0.1, -0.05) is 60.7 Å². The van der Waals surface area contributed by atoms with E-state index in [-0.39, 0.29) is 25.7 Å². The molecule has 0 radical (unpaired) electrons. The number of hydrogen-bond donors (Lipinski definition) is 1.